The number of aromatic hydroxyl groups is 2. The van der Waals surface area contributed by atoms with Gasteiger partial charge in [0.15, 0.2) is 23.0 Å². The molecule has 0 spiro atoms. The second-order valence-corrected chi connectivity index (χ2v) is 6.99. The van der Waals surface area contributed by atoms with E-state index in [1.54, 1.807) is 0 Å². The fourth-order valence-corrected chi connectivity index (χ4v) is 2.86. The van der Waals surface area contributed by atoms with Crippen LogP contribution in [0.2, 0.25) is 0 Å². The van der Waals surface area contributed by atoms with Gasteiger partial charge in [0.2, 0.25) is 23.3 Å². The maximum Gasteiger partial charge on any atom is 0.240 e. The van der Waals surface area contributed by atoms with Crippen molar-refractivity contribution in [1.82, 2.24) is 10.9 Å². The molecule has 12 nitrogen and oxygen atoms in total. The van der Waals surface area contributed by atoms with Gasteiger partial charge in [0.05, 0.1) is 40.9 Å². The fraction of sp³-hybridized carbons (Fsp3) is 0.304. The van der Waals surface area contributed by atoms with Crippen LogP contribution in [0.3, 0.4) is 0 Å². The van der Waals surface area contributed by atoms with Crippen LogP contribution in [0.4, 0.5) is 0 Å². The highest BCUT2D eigenvalue weighted by atomic mass is 16.5. The summed E-state index contributed by atoms with van der Waals surface area (Å²) in [6.45, 7) is 0. The molecule has 0 saturated carbocycles. The van der Waals surface area contributed by atoms with Gasteiger partial charge in [0.25, 0.3) is 0 Å². The normalized spacial score (nSPS) is 10.9. The van der Waals surface area contributed by atoms with Crippen LogP contribution in [0, 0.1) is 0 Å². The smallest absolute Gasteiger partial charge is 0.240 e. The largest absolute Gasteiger partial charge is 0.502 e. The molecule has 2 rings (SSSR count). The number of phenolic OH excluding ortho intramolecular Hbond substituents is 2. The molecule has 0 atom stereocenters. The Morgan fingerprint density at radius 3 is 1.31 bits per heavy atom. The number of carbonyl (C=O) groups is 2. The Labute approximate surface area is 202 Å². The molecule has 35 heavy (non-hydrogen) atoms. The van der Waals surface area contributed by atoms with Crippen molar-refractivity contribution in [3.8, 4) is 34.5 Å². The summed E-state index contributed by atoms with van der Waals surface area (Å²) in [4.78, 5) is 23.9. The highest BCUT2D eigenvalue weighted by Gasteiger charge is 2.11. The van der Waals surface area contributed by atoms with Gasteiger partial charge in [-0.25, -0.2) is 10.9 Å². The zero-order chi connectivity index (χ0) is 25.8. The SMILES string of the molecule is COc1cc(C=NNC(=O)CCCC(=O)NN=Cc2cc(OC)c(O)c(OC)c2)cc(OC)c1O. The van der Waals surface area contributed by atoms with E-state index >= 15 is 0 Å². The monoisotopic (exact) mass is 488 g/mol. The first kappa shape index (κ1) is 26.8. The van der Waals surface area contributed by atoms with Gasteiger partial charge in [-0.05, 0) is 30.7 Å². The van der Waals surface area contributed by atoms with Crippen molar-refractivity contribution in [3.63, 3.8) is 0 Å². The second kappa shape index (κ2) is 13.3. The molecule has 0 bridgehead atoms. The number of benzene rings is 2. The third-order valence-electron chi connectivity index (χ3n) is 4.62. The highest BCUT2D eigenvalue weighted by Crippen LogP contribution is 2.37. The summed E-state index contributed by atoms with van der Waals surface area (Å²) in [6, 6.07) is 6.12. The van der Waals surface area contributed by atoms with E-state index in [9.17, 15) is 19.8 Å². The predicted octanol–water partition coefficient (Wildman–Crippen LogP) is 1.90. The van der Waals surface area contributed by atoms with Crippen molar-refractivity contribution in [2.24, 2.45) is 10.2 Å². The lowest BCUT2D eigenvalue weighted by atomic mass is 10.2. The Bertz CT molecular complexity index is 965. The number of nitrogens with zero attached hydrogens (tertiary/aromatic N) is 2. The van der Waals surface area contributed by atoms with Crippen LogP contribution in [0.15, 0.2) is 34.5 Å². The molecule has 0 radical (unpaired) electrons. The molecule has 2 amide bonds. The van der Waals surface area contributed by atoms with E-state index in [0.29, 0.717) is 11.1 Å². The molecule has 0 heterocycles. The average Bonchev–Trinajstić information content (AvgIpc) is 2.85. The Balaban J connectivity index is 1.78. The number of methoxy groups -OCH3 is 4. The second-order valence-electron chi connectivity index (χ2n) is 6.99. The van der Waals surface area contributed by atoms with Gasteiger partial charge in [-0.2, -0.15) is 10.2 Å². The highest BCUT2D eigenvalue weighted by molar-refractivity contribution is 5.85. The first-order valence-electron chi connectivity index (χ1n) is 10.4. The third-order valence-corrected chi connectivity index (χ3v) is 4.62. The van der Waals surface area contributed by atoms with Crippen LogP contribution in [0.25, 0.3) is 0 Å². The maximum atomic E-state index is 11.9. The molecule has 0 aromatic heterocycles. The molecule has 0 aliphatic heterocycles. The molecular weight excluding hydrogens is 460 g/mol. The summed E-state index contributed by atoms with van der Waals surface area (Å²) in [5, 5.41) is 27.5. The number of phenols is 2. The summed E-state index contributed by atoms with van der Waals surface area (Å²) in [6.07, 6.45) is 3.17. The van der Waals surface area contributed by atoms with Gasteiger partial charge in [-0.3, -0.25) is 9.59 Å². The predicted molar refractivity (Wildman–Crippen MR) is 128 cm³/mol. The van der Waals surface area contributed by atoms with Crippen LogP contribution >= 0.6 is 0 Å². The van der Waals surface area contributed by atoms with E-state index in [4.69, 9.17) is 18.9 Å². The van der Waals surface area contributed by atoms with Crippen LogP contribution in [0.5, 0.6) is 34.5 Å². The number of carbonyl (C=O) groups excluding carboxylic acids is 2. The molecule has 0 saturated heterocycles. The van der Waals surface area contributed by atoms with Gasteiger partial charge in [0, 0.05) is 24.0 Å². The quantitative estimate of drug-likeness (QED) is 0.260. The number of nitrogens with one attached hydrogen (secondary N) is 2. The lowest BCUT2D eigenvalue weighted by Crippen LogP contribution is -2.20. The summed E-state index contributed by atoms with van der Waals surface area (Å²) in [5.74, 6) is -0.215. The lowest BCUT2D eigenvalue weighted by Gasteiger charge is -2.09. The van der Waals surface area contributed by atoms with E-state index in [-0.39, 0.29) is 65.6 Å². The summed E-state index contributed by atoms with van der Waals surface area (Å²) in [5.41, 5.74) is 5.81. The Morgan fingerprint density at radius 2 is 1.03 bits per heavy atom. The van der Waals surface area contributed by atoms with Crippen LogP contribution in [-0.2, 0) is 9.59 Å². The Kier molecular flexibility index (Phi) is 10.2. The average molecular weight is 488 g/mol. The Morgan fingerprint density at radius 1 is 0.714 bits per heavy atom. The van der Waals surface area contributed by atoms with Crippen molar-refractivity contribution in [2.45, 2.75) is 19.3 Å². The van der Waals surface area contributed by atoms with E-state index < -0.39 is 0 Å². The number of hydrogen-bond donors (Lipinski definition) is 4. The number of amides is 2. The van der Waals surface area contributed by atoms with Crippen LogP contribution in [-0.4, -0.2) is 62.9 Å². The minimum atomic E-state index is -0.376. The third kappa shape index (κ3) is 7.81. The van der Waals surface area contributed by atoms with Crippen LogP contribution in [0.1, 0.15) is 30.4 Å². The van der Waals surface area contributed by atoms with Gasteiger partial charge in [-0.1, -0.05) is 0 Å². The van der Waals surface area contributed by atoms with E-state index in [0.717, 1.165) is 0 Å². The topological polar surface area (TPSA) is 160 Å². The molecule has 0 unspecified atom stereocenters. The van der Waals surface area contributed by atoms with Crippen molar-refractivity contribution in [3.05, 3.63) is 35.4 Å². The number of hydrogen-bond acceptors (Lipinski definition) is 10. The van der Waals surface area contributed by atoms with Crippen LogP contribution < -0.4 is 29.8 Å². The first-order chi connectivity index (χ1) is 16.8. The molecule has 0 aliphatic carbocycles. The maximum absolute atomic E-state index is 11.9. The summed E-state index contributed by atoms with van der Waals surface area (Å²) >= 11 is 0. The summed E-state index contributed by atoms with van der Waals surface area (Å²) in [7, 11) is 5.61. The minimum Gasteiger partial charge on any atom is -0.502 e. The van der Waals surface area contributed by atoms with Crippen molar-refractivity contribution in [2.75, 3.05) is 28.4 Å². The fourth-order valence-electron chi connectivity index (χ4n) is 2.86. The van der Waals surface area contributed by atoms with Gasteiger partial charge < -0.3 is 29.2 Å². The summed E-state index contributed by atoms with van der Waals surface area (Å²) < 4.78 is 20.2. The lowest BCUT2D eigenvalue weighted by molar-refractivity contribution is -0.122. The van der Waals surface area contributed by atoms with Crippen molar-refractivity contribution < 1.29 is 38.7 Å². The first-order valence-corrected chi connectivity index (χ1v) is 10.4. The molecule has 2 aromatic carbocycles. The number of hydrazone groups is 2. The standard InChI is InChI=1S/C23H28N4O8/c1-32-16-8-14(9-17(33-2)22(16)30)12-24-26-20(28)6-5-7-21(29)27-25-13-15-10-18(34-3)23(31)19(11-15)35-4/h8-13,30-31H,5-7H2,1-4H3,(H,26,28)(H,27,29). The minimum absolute atomic E-state index is 0.0725. The van der Waals surface area contributed by atoms with Crippen molar-refractivity contribution >= 4 is 24.2 Å². The van der Waals surface area contributed by atoms with E-state index in [1.165, 1.54) is 65.1 Å². The van der Waals surface area contributed by atoms with E-state index in [2.05, 4.69) is 21.1 Å². The molecule has 2 aromatic rings. The molecule has 4 N–H and O–H groups in total. The van der Waals surface area contributed by atoms with Crippen molar-refractivity contribution in [1.29, 1.82) is 0 Å². The van der Waals surface area contributed by atoms with E-state index in [1.807, 2.05) is 0 Å². The zero-order valence-corrected chi connectivity index (χ0v) is 19.8. The Hall–Kier alpha value is -4.48. The molecule has 0 fully saturated rings. The number of rotatable bonds is 12. The molecule has 12 heteroatoms. The van der Waals surface area contributed by atoms with Gasteiger partial charge in [0.1, 0.15) is 0 Å². The molecular formula is C23H28N4O8. The zero-order valence-electron chi connectivity index (χ0n) is 19.8. The number of ether oxygens (including phenoxy) is 4. The van der Waals surface area contributed by atoms with Gasteiger partial charge in [-0.15, -0.1) is 0 Å². The molecule has 188 valence electrons. The van der Waals surface area contributed by atoms with Gasteiger partial charge >= 0.3 is 0 Å². The molecule has 0 aliphatic rings.